The van der Waals surface area contributed by atoms with Crippen molar-refractivity contribution < 1.29 is 9.53 Å². The third-order valence-corrected chi connectivity index (χ3v) is 5.46. The molecule has 0 unspecified atom stereocenters. The van der Waals surface area contributed by atoms with Crippen LogP contribution in [0.15, 0.2) is 64.4 Å². The highest BCUT2D eigenvalue weighted by molar-refractivity contribution is 7.98. The molecule has 0 saturated carbocycles. The van der Waals surface area contributed by atoms with Crippen molar-refractivity contribution >= 4 is 34.7 Å². The van der Waals surface area contributed by atoms with E-state index in [9.17, 15) is 4.79 Å². The van der Waals surface area contributed by atoms with Crippen molar-refractivity contribution in [2.45, 2.75) is 17.8 Å². The lowest BCUT2D eigenvalue weighted by Crippen LogP contribution is -2.18. The van der Waals surface area contributed by atoms with Crippen LogP contribution < -0.4 is 10.2 Å². The van der Waals surface area contributed by atoms with Gasteiger partial charge in [-0.25, -0.2) is 15.4 Å². The smallest absolute Gasteiger partial charge is 0.281 e. The molecule has 1 amide bonds. The molecule has 1 N–H and O–H groups in total. The Bertz CT molecular complexity index is 928. The van der Waals surface area contributed by atoms with Crippen LogP contribution in [0.5, 0.6) is 5.75 Å². The van der Waals surface area contributed by atoms with Crippen LogP contribution in [0.25, 0.3) is 0 Å². The fourth-order valence-electron chi connectivity index (χ4n) is 2.28. The van der Waals surface area contributed by atoms with Crippen LogP contribution in [-0.4, -0.2) is 28.7 Å². The van der Waals surface area contributed by atoms with Gasteiger partial charge in [0.2, 0.25) is 0 Å². The van der Waals surface area contributed by atoms with Crippen LogP contribution >= 0.6 is 23.1 Å². The predicted molar refractivity (Wildman–Crippen MR) is 109 cm³/mol. The lowest BCUT2D eigenvalue weighted by Gasteiger charge is -2.10. The van der Waals surface area contributed by atoms with E-state index in [0.717, 1.165) is 16.9 Å². The number of aromatic nitrogens is 2. The van der Waals surface area contributed by atoms with Crippen molar-refractivity contribution in [1.29, 1.82) is 0 Å². The van der Waals surface area contributed by atoms with Crippen LogP contribution in [0.4, 0.5) is 0 Å². The van der Waals surface area contributed by atoms with Crippen molar-refractivity contribution in [3.8, 4) is 5.75 Å². The van der Waals surface area contributed by atoms with Gasteiger partial charge >= 0.3 is 0 Å². The fourth-order valence-corrected chi connectivity index (χ4v) is 3.68. The number of benzene rings is 1. The van der Waals surface area contributed by atoms with Gasteiger partial charge in [-0.15, -0.1) is 11.3 Å². The Morgan fingerprint density at radius 3 is 2.78 bits per heavy atom. The zero-order valence-corrected chi connectivity index (χ0v) is 16.5. The molecule has 27 heavy (non-hydrogen) atoms. The van der Waals surface area contributed by atoms with Gasteiger partial charge in [-0.1, -0.05) is 17.8 Å². The van der Waals surface area contributed by atoms with E-state index in [2.05, 4.69) is 20.5 Å². The van der Waals surface area contributed by atoms with Crippen molar-refractivity contribution in [3.63, 3.8) is 0 Å². The number of rotatable bonds is 7. The third-order valence-electron chi connectivity index (χ3n) is 3.67. The Hall–Kier alpha value is -2.71. The molecule has 0 radical (unpaired) electrons. The molecule has 6 nitrogen and oxygen atoms in total. The molecule has 3 rings (SSSR count). The number of carbonyl (C=O) groups is 1. The van der Waals surface area contributed by atoms with Crippen molar-refractivity contribution in [3.05, 3.63) is 70.2 Å². The maximum atomic E-state index is 12.0. The minimum atomic E-state index is -0.213. The van der Waals surface area contributed by atoms with Crippen molar-refractivity contribution in [2.75, 3.05) is 7.11 Å². The Labute approximate surface area is 165 Å². The van der Waals surface area contributed by atoms with Gasteiger partial charge in [0.05, 0.1) is 17.7 Å². The number of hydrogen-bond donors (Lipinski definition) is 1. The van der Waals surface area contributed by atoms with E-state index in [1.165, 1.54) is 23.1 Å². The largest absolute Gasteiger partial charge is 0.496 e. The molecule has 1 aromatic carbocycles. The molecule has 0 aliphatic heterocycles. The average Bonchev–Trinajstić information content (AvgIpc) is 3.25. The second-order valence-corrected chi connectivity index (χ2v) is 7.35. The number of carbonyl (C=O) groups excluding carboxylic acids is 1. The molecule has 3 aromatic rings. The Morgan fingerprint density at radius 1 is 1.26 bits per heavy atom. The first-order chi connectivity index (χ1) is 13.2. The monoisotopic (exact) mass is 398 g/mol. The van der Waals surface area contributed by atoms with E-state index in [1.807, 2.05) is 36.6 Å². The van der Waals surface area contributed by atoms with E-state index in [4.69, 9.17) is 4.74 Å². The molecular weight excluding hydrogens is 380 g/mol. The van der Waals surface area contributed by atoms with Crippen molar-refractivity contribution in [1.82, 2.24) is 15.4 Å². The van der Waals surface area contributed by atoms with Gasteiger partial charge < -0.3 is 4.74 Å². The van der Waals surface area contributed by atoms with Crippen LogP contribution in [0.3, 0.4) is 0 Å². The molecule has 0 saturated heterocycles. The van der Waals surface area contributed by atoms with Crippen LogP contribution in [0.2, 0.25) is 0 Å². The SMILES string of the molecule is COc1ccc(/C(C)=N\NC(=O)c2cccs2)cc1CSc1ncccn1. The lowest BCUT2D eigenvalue weighted by molar-refractivity contribution is 0.0959. The van der Waals surface area contributed by atoms with Gasteiger partial charge in [0.25, 0.3) is 5.91 Å². The molecule has 0 aliphatic carbocycles. The van der Waals surface area contributed by atoms with E-state index in [-0.39, 0.29) is 5.91 Å². The molecule has 0 spiro atoms. The minimum absolute atomic E-state index is 0.213. The summed E-state index contributed by atoms with van der Waals surface area (Å²) >= 11 is 2.91. The highest BCUT2D eigenvalue weighted by Gasteiger charge is 2.09. The second-order valence-electron chi connectivity index (χ2n) is 5.46. The summed E-state index contributed by atoms with van der Waals surface area (Å²) in [6, 6.07) is 11.2. The summed E-state index contributed by atoms with van der Waals surface area (Å²) in [5, 5.41) is 6.78. The first kappa shape index (κ1) is 19.1. The number of nitrogens with zero attached hydrogens (tertiary/aromatic N) is 3. The maximum Gasteiger partial charge on any atom is 0.281 e. The van der Waals surface area contributed by atoms with E-state index in [0.29, 0.717) is 21.5 Å². The summed E-state index contributed by atoms with van der Waals surface area (Å²) in [6.07, 6.45) is 3.44. The summed E-state index contributed by atoms with van der Waals surface area (Å²) in [4.78, 5) is 21.1. The quantitative estimate of drug-likeness (QED) is 0.282. The minimum Gasteiger partial charge on any atom is -0.496 e. The molecule has 0 atom stereocenters. The van der Waals surface area contributed by atoms with E-state index < -0.39 is 0 Å². The normalized spacial score (nSPS) is 11.3. The van der Waals surface area contributed by atoms with Gasteiger partial charge in [0.15, 0.2) is 5.16 Å². The lowest BCUT2D eigenvalue weighted by atomic mass is 10.1. The summed E-state index contributed by atoms with van der Waals surface area (Å²) < 4.78 is 5.45. The molecule has 138 valence electrons. The first-order valence-corrected chi connectivity index (χ1v) is 9.99. The van der Waals surface area contributed by atoms with Gasteiger partial charge in [0, 0.05) is 23.7 Å². The Morgan fingerprint density at radius 2 is 2.07 bits per heavy atom. The zero-order chi connectivity index (χ0) is 19.1. The fraction of sp³-hybridized carbons (Fsp3) is 0.158. The highest BCUT2D eigenvalue weighted by atomic mass is 32.2. The number of hydrazone groups is 1. The number of nitrogens with one attached hydrogen (secondary N) is 1. The second kappa shape index (κ2) is 9.29. The topological polar surface area (TPSA) is 76.5 Å². The third kappa shape index (κ3) is 5.15. The van der Waals surface area contributed by atoms with E-state index in [1.54, 1.807) is 31.6 Å². The molecule has 2 aromatic heterocycles. The number of thiophene rings is 1. The predicted octanol–water partition coefficient (Wildman–Crippen LogP) is 3.99. The van der Waals surface area contributed by atoms with Crippen LogP contribution in [0.1, 0.15) is 27.7 Å². The molecule has 0 aliphatic rings. The highest BCUT2D eigenvalue weighted by Crippen LogP contribution is 2.27. The average molecular weight is 399 g/mol. The van der Waals surface area contributed by atoms with Crippen LogP contribution in [0, 0.1) is 0 Å². The Balaban J connectivity index is 1.73. The van der Waals surface area contributed by atoms with Crippen molar-refractivity contribution in [2.24, 2.45) is 5.10 Å². The molecular formula is C19H18N4O2S2. The summed E-state index contributed by atoms with van der Waals surface area (Å²) in [5.74, 6) is 1.24. The summed E-state index contributed by atoms with van der Waals surface area (Å²) in [6.45, 7) is 1.85. The van der Waals surface area contributed by atoms with E-state index >= 15 is 0 Å². The molecule has 0 bridgehead atoms. The zero-order valence-electron chi connectivity index (χ0n) is 14.9. The van der Waals surface area contributed by atoms with Gasteiger partial charge in [0.1, 0.15) is 5.75 Å². The standard InChI is InChI=1S/C19H18N4O2S2/c1-13(22-23-18(24)17-5-3-10-26-17)14-6-7-16(25-2)15(11-14)12-27-19-20-8-4-9-21-19/h3-11H,12H2,1-2H3,(H,23,24)/b22-13-. The molecule has 0 fully saturated rings. The number of amides is 1. The first-order valence-electron chi connectivity index (χ1n) is 8.12. The molecule has 8 heteroatoms. The number of thioether (sulfide) groups is 1. The van der Waals surface area contributed by atoms with Gasteiger partial charge in [-0.05, 0) is 48.2 Å². The van der Waals surface area contributed by atoms with Gasteiger partial charge in [-0.2, -0.15) is 5.10 Å². The number of methoxy groups -OCH3 is 1. The summed E-state index contributed by atoms with van der Waals surface area (Å²) in [7, 11) is 1.64. The number of ether oxygens (including phenoxy) is 1. The summed E-state index contributed by atoms with van der Waals surface area (Å²) in [5.41, 5.74) is 5.22. The Kier molecular flexibility index (Phi) is 6.56. The van der Waals surface area contributed by atoms with Gasteiger partial charge in [-0.3, -0.25) is 4.79 Å². The van der Waals surface area contributed by atoms with Crippen LogP contribution in [-0.2, 0) is 5.75 Å². The maximum absolute atomic E-state index is 12.0. The molecule has 2 heterocycles. The number of hydrogen-bond acceptors (Lipinski definition) is 7.